The Balaban J connectivity index is 1.28. The molecule has 1 heterocycles. The number of nitrogens with one attached hydrogen (secondary N) is 1. The number of rotatable bonds is 11. The Morgan fingerprint density at radius 2 is 1.65 bits per heavy atom. The summed E-state index contributed by atoms with van der Waals surface area (Å²) in [6, 6.07) is 9.91. The molecule has 0 atom stereocenters. The maximum Gasteiger partial charge on any atom is 0.318 e. The van der Waals surface area contributed by atoms with Crippen molar-refractivity contribution in [1.82, 2.24) is 15.1 Å². The van der Waals surface area contributed by atoms with Crippen LogP contribution in [0, 0.1) is 24.7 Å². The SMILES string of the molecule is COc1ccc(CCN(Cc2ccc(C)s2)C(=O)CN(C(=O)NC23CC4CC(CC(C4)C2)C3)C(C)C)cc1OC. The molecule has 4 saturated carbocycles. The number of nitrogens with zero attached hydrogens (tertiary/aromatic N) is 2. The molecule has 40 heavy (non-hydrogen) atoms. The van der Waals surface area contributed by atoms with Crippen molar-refractivity contribution in [2.24, 2.45) is 17.8 Å². The molecule has 1 aromatic carbocycles. The minimum atomic E-state index is -0.0860. The molecule has 4 aliphatic carbocycles. The van der Waals surface area contributed by atoms with Crippen LogP contribution in [0.15, 0.2) is 30.3 Å². The molecule has 7 nitrogen and oxygen atoms in total. The predicted octanol–water partition coefficient (Wildman–Crippen LogP) is 6.03. The van der Waals surface area contributed by atoms with Crippen LogP contribution in [0.1, 0.15) is 67.7 Å². The monoisotopic (exact) mass is 567 g/mol. The zero-order valence-corrected chi connectivity index (χ0v) is 25.5. The normalized spacial score (nSPS) is 24.7. The molecule has 0 aliphatic heterocycles. The second-order valence-electron chi connectivity index (χ2n) is 12.6. The number of aryl methyl sites for hydroxylation is 1. The summed E-state index contributed by atoms with van der Waals surface area (Å²) >= 11 is 1.71. The molecule has 0 radical (unpaired) electrons. The molecule has 8 heteroatoms. The van der Waals surface area contributed by atoms with Crippen molar-refractivity contribution in [2.75, 3.05) is 27.3 Å². The van der Waals surface area contributed by atoms with E-state index < -0.39 is 0 Å². The van der Waals surface area contributed by atoms with Gasteiger partial charge in [0.1, 0.15) is 6.54 Å². The van der Waals surface area contributed by atoms with Crippen molar-refractivity contribution in [1.29, 1.82) is 0 Å². The standard InChI is InChI=1S/C32H45N3O4S/c1-21(2)35(31(37)33-32-16-24-12-25(17-32)14-26(13-24)18-32)20-30(36)34(19-27-8-6-22(3)40-27)11-10-23-7-9-28(38-4)29(15-23)39-5/h6-9,15,21,24-26H,10-14,16-20H2,1-5H3,(H,33,37). The zero-order valence-electron chi connectivity index (χ0n) is 24.7. The highest BCUT2D eigenvalue weighted by Gasteiger charge is 2.52. The first-order valence-corrected chi connectivity index (χ1v) is 15.6. The third-order valence-electron chi connectivity index (χ3n) is 9.21. The zero-order chi connectivity index (χ0) is 28.4. The summed E-state index contributed by atoms with van der Waals surface area (Å²) in [5.74, 6) is 3.59. The van der Waals surface area contributed by atoms with Gasteiger partial charge in [-0.15, -0.1) is 11.3 Å². The summed E-state index contributed by atoms with van der Waals surface area (Å²) in [7, 11) is 3.26. The Morgan fingerprint density at radius 1 is 1.00 bits per heavy atom. The van der Waals surface area contributed by atoms with Crippen molar-refractivity contribution < 1.29 is 19.1 Å². The topological polar surface area (TPSA) is 71.1 Å². The molecule has 1 N–H and O–H groups in total. The van der Waals surface area contributed by atoms with E-state index in [0.717, 1.165) is 47.5 Å². The molecule has 0 spiro atoms. The first-order chi connectivity index (χ1) is 19.2. The van der Waals surface area contributed by atoms with E-state index in [1.54, 1.807) is 30.5 Å². The largest absolute Gasteiger partial charge is 0.493 e. The molecule has 4 fully saturated rings. The van der Waals surface area contributed by atoms with E-state index in [1.165, 1.54) is 24.1 Å². The molecule has 4 aliphatic rings. The van der Waals surface area contributed by atoms with E-state index in [0.29, 0.717) is 31.0 Å². The third-order valence-corrected chi connectivity index (χ3v) is 10.2. The van der Waals surface area contributed by atoms with Gasteiger partial charge in [-0.2, -0.15) is 0 Å². The molecule has 4 bridgehead atoms. The van der Waals surface area contributed by atoms with Gasteiger partial charge in [-0.1, -0.05) is 6.07 Å². The lowest BCUT2D eigenvalue weighted by Crippen LogP contribution is -2.63. The summed E-state index contributed by atoms with van der Waals surface area (Å²) in [5.41, 5.74) is 0.988. The maximum atomic E-state index is 13.8. The van der Waals surface area contributed by atoms with E-state index in [-0.39, 0.29) is 30.1 Å². The minimum absolute atomic E-state index is 0.0270. The highest BCUT2D eigenvalue weighted by molar-refractivity contribution is 7.11. The van der Waals surface area contributed by atoms with Crippen LogP contribution in [0.25, 0.3) is 0 Å². The summed E-state index contributed by atoms with van der Waals surface area (Å²) in [6.07, 6.45) is 7.97. The number of ether oxygens (including phenoxy) is 2. The van der Waals surface area contributed by atoms with E-state index in [1.807, 2.05) is 36.9 Å². The van der Waals surface area contributed by atoms with Crippen molar-refractivity contribution in [3.05, 3.63) is 45.6 Å². The number of carbonyl (C=O) groups excluding carboxylic acids is 2. The number of thiophene rings is 1. The molecular formula is C32H45N3O4S. The minimum Gasteiger partial charge on any atom is -0.493 e. The van der Waals surface area contributed by atoms with Gasteiger partial charge < -0.3 is 24.6 Å². The van der Waals surface area contributed by atoms with Gasteiger partial charge in [0.05, 0.1) is 20.8 Å². The summed E-state index contributed by atoms with van der Waals surface area (Å²) in [4.78, 5) is 33.6. The van der Waals surface area contributed by atoms with Crippen LogP contribution in [0.5, 0.6) is 11.5 Å². The molecule has 0 unspecified atom stereocenters. The van der Waals surface area contributed by atoms with Gasteiger partial charge in [-0.05, 0) is 113 Å². The second-order valence-corrected chi connectivity index (χ2v) is 14.0. The van der Waals surface area contributed by atoms with E-state index in [4.69, 9.17) is 9.47 Å². The fourth-order valence-electron chi connectivity index (χ4n) is 7.65. The maximum absolute atomic E-state index is 13.8. The summed E-state index contributed by atoms with van der Waals surface area (Å²) in [5, 5.41) is 3.48. The summed E-state index contributed by atoms with van der Waals surface area (Å²) in [6.45, 7) is 7.25. The first-order valence-electron chi connectivity index (χ1n) is 14.8. The van der Waals surface area contributed by atoms with Crippen LogP contribution in [0.3, 0.4) is 0 Å². The van der Waals surface area contributed by atoms with Gasteiger partial charge in [0.25, 0.3) is 0 Å². The quantitative estimate of drug-likeness (QED) is 0.360. The van der Waals surface area contributed by atoms with Crippen molar-refractivity contribution >= 4 is 23.3 Å². The second kappa shape index (κ2) is 12.0. The fraction of sp³-hybridized carbons (Fsp3) is 0.625. The fourth-order valence-corrected chi connectivity index (χ4v) is 8.55. The molecule has 2 aromatic rings. The highest BCUT2D eigenvalue weighted by atomic mass is 32.1. The molecule has 0 saturated heterocycles. The Kier molecular flexibility index (Phi) is 8.64. The van der Waals surface area contributed by atoms with Crippen LogP contribution >= 0.6 is 11.3 Å². The van der Waals surface area contributed by atoms with Crippen LogP contribution in [-0.2, 0) is 17.8 Å². The Labute approximate surface area is 243 Å². The number of amides is 3. The number of methoxy groups -OCH3 is 2. The van der Waals surface area contributed by atoms with Gasteiger partial charge in [0, 0.05) is 27.9 Å². The van der Waals surface area contributed by atoms with Crippen LogP contribution in [0.2, 0.25) is 0 Å². The van der Waals surface area contributed by atoms with Crippen molar-refractivity contribution in [2.45, 2.75) is 83.8 Å². The predicted molar refractivity (Wildman–Crippen MR) is 159 cm³/mol. The Hall–Kier alpha value is -2.74. The van der Waals surface area contributed by atoms with Crippen LogP contribution in [-0.4, -0.2) is 60.6 Å². The lowest BCUT2D eigenvalue weighted by molar-refractivity contribution is -0.132. The van der Waals surface area contributed by atoms with Gasteiger partial charge in [-0.25, -0.2) is 4.79 Å². The van der Waals surface area contributed by atoms with Crippen LogP contribution < -0.4 is 14.8 Å². The van der Waals surface area contributed by atoms with Gasteiger partial charge in [0.15, 0.2) is 11.5 Å². The van der Waals surface area contributed by atoms with E-state index in [9.17, 15) is 9.59 Å². The molecule has 218 valence electrons. The average molecular weight is 568 g/mol. The molecular weight excluding hydrogens is 522 g/mol. The summed E-state index contributed by atoms with van der Waals surface area (Å²) < 4.78 is 10.9. The number of hydrogen-bond donors (Lipinski definition) is 1. The highest BCUT2D eigenvalue weighted by Crippen LogP contribution is 2.55. The molecule has 6 rings (SSSR count). The van der Waals surface area contributed by atoms with Crippen molar-refractivity contribution in [3.8, 4) is 11.5 Å². The first kappa shape index (κ1) is 28.8. The van der Waals surface area contributed by atoms with Crippen LogP contribution in [0.4, 0.5) is 4.79 Å². The average Bonchev–Trinajstić information content (AvgIpc) is 3.32. The van der Waals surface area contributed by atoms with Gasteiger partial charge in [0.2, 0.25) is 5.91 Å². The van der Waals surface area contributed by atoms with E-state index in [2.05, 4.69) is 24.4 Å². The van der Waals surface area contributed by atoms with E-state index >= 15 is 0 Å². The lowest BCUT2D eigenvalue weighted by Gasteiger charge is -2.57. The number of carbonyl (C=O) groups is 2. The number of benzene rings is 1. The Bertz CT molecular complexity index is 1170. The third kappa shape index (κ3) is 6.42. The van der Waals surface area contributed by atoms with Gasteiger partial charge >= 0.3 is 6.03 Å². The van der Waals surface area contributed by atoms with Crippen molar-refractivity contribution in [3.63, 3.8) is 0 Å². The molecule has 3 amide bonds. The smallest absolute Gasteiger partial charge is 0.318 e. The van der Waals surface area contributed by atoms with Gasteiger partial charge in [-0.3, -0.25) is 4.79 Å². The molecule has 1 aromatic heterocycles. The number of urea groups is 1. The Morgan fingerprint density at radius 3 is 2.20 bits per heavy atom. The number of hydrogen-bond acceptors (Lipinski definition) is 5. The lowest BCUT2D eigenvalue weighted by atomic mass is 9.53.